The van der Waals surface area contributed by atoms with Gasteiger partial charge in [-0.25, -0.2) is 9.37 Å². The molecule has 2 bridgehead atoms. The van der Waals surface area contributed by atoms with Gasteiger partial charge in [-0.1, -0.05) is 38.1 Å². The fourth-order valence-corrected chi connectivity index (χ4v) is 5.22. The fraction of sp³-hybridized carbons (Fsp3) is 0.480. The second kappa shape index (κ2) is 10.3. The molecule has 1 aliphatic heterocycles. The van der Waals surface area contributed by atoms with Crippen LogP contribution in [-0.2, 0) is 4.79 Å². The van der Waals surface area contributed by atoms with Crippen molar-refractivity contribution < 1.29 is 9.18 Å². The number of nitrogens with zero attached hydrogens (tertiary/aromatic N) is 2. The number of aromatic nitrogens is 2. The SMILES string of the molecule is CC.NC(=O)C1C2C=CC(C2)C1Nc1nc(Nc2ccc(C3CCNCC3)cc2)ncc1F. The molecule has 8 heteroatoms. The molecule has 5 N–H and O–H groups in total. The van der Waals surface area contributed by atoms with E-state index in [9.17, 15) is 9.18 Å². The summed E-state index contributed by atoms with van der Waals surface area (Å²) in [7, 11) is 0. The third-order valence-electron chi connectivity index (χ3n) is 6.81. The summed E-state index contributed by atoms with van der Waals surface area (Å²) in [6.07, 6.45) is 8.40. The van der Waals surface area contributed by atoms with Crippen LogP contribution in [0.4, 0.5) is 21.8 Å². The zero-order chi connectivity index (χ0) is 23.4. The van der Waals surface area contributed by atoms with Crippen LogP contribution >= 0.6 is 0 Å². The van der Waals surface area contributed by atoms with Crippen LogP contribution in [-0.4, -0.2) is 35.0 Å². The van der Waals surface area contributed by atoms with Crippen LogP contribution in [0.15, 0.2) is 42.6 Å². The van der Waals surface area contributed by atoms with Gasteiger partial charge in [0.15, 0.2) is 11.6 Å². The number of nitrogens with one attached hydrogen (secondary N) is 3. The Hall–Kier alpha value is -3.00. The van der Waals surface area contributed by atoms with Gasteiger partial charge < -0.3 is 21.7 Å². The molecular weight excluding hydrogens is 419 g/mol. The van der Waals surface area contributed by atoms with Crippen molar-refractivity contribution in [1.29, 1.82) is 0 Å². The first-order valence-electron chi connectivity index (χ1n) is 11.9. The highest BCUT2D eigenvalue weighted by Gasteiger charge is 2.47. The van der Waals surface area contributed by atoms with E-state index in [0.29, 0.717) is 11.9 Å². The summed E-state index contributed by atoms with van der Waals surface area (Å²) in [4.78, 5) is 20.3. The van der Waals surface area contributed by atoms with Crippen molar-refractivity contribution in [3.63, 3.8) is 0 Å². The predicted octanol–water partition coefficient (Wildman–Crippen LogP) is 3.94. The highest BCUT2D eigenvalue weighted by Crippen LogP contribution is 2.44. The van der Waals surface area contributed by atoms with Gasteiger partial charge in [0, 0.05) is 11.7 Å². The Morgan fingerprint density at radius 2 is 1.82 bits per heavy atom. The number of piperidine rings is 1. The third kappa shape index (κ3) is 5.00. The molecule has 0 spiro atoms. The van der Waals surface area contributed by atoms with Crippen molar-refractivity contribution in [1.82, 2.24) is 15.3 Å². The molecular formula is C25H33FN6O. The second-order valence-electron chi connectivity index (χ2n) is 8.71. The van der Waals surface area contributed by atoms with Gasteiger partial charge in [-0.05, 0) is 67.8 Å². The molecule has 4 unspecified atom stereocenters. The molecule has 33 heavy (non-hydrogen) atoms. The first-order valence-corrected chi connectivity index (χ1v) is 11.9. The molecule has 2 fully saturated rings. The summed E-state index contributed by atoms with van der Waals surface area (Å²) in [6.45, 7) is 6.11. The van der Waals surface area contributed by atoms with E-state index in [2.05, 4.69) is 44.1 Å². The quantitative estimate of drug-likeness (QED) is 0.495. The summed E-state index contributed by atoms with van der Waals surface area (Å²) in [6, 6.07) is 8.00. The first kappa shape index (κ1) is 23.2. The van der Waals surface area contributed by atoms with Crippen LogP contribution in [0, 0.1) is 23.6 Å². The van der Waals surface area contributed by atoms with E-state index in [-0.39, 0.29) is 35.5 Å². The molecule has 0 radical (unpaired) electrons. The zero-order valence-corrected chi connectivity index (χ0v) is 19.2. The molecule has 5 rings (SSSR count). The highest BCUT2D eigenvalue weighted by molar-refractivity contribution is 5.79. The van der Waals surface area contributed by atoms with Crippen molar-refractivity contribution in [3.05, 3.63) is 54.0 Å². The molecule has 7 nitrogen and oxygen atoms in total. The van der Waals surface area contributed by atoms with Gasteiger partial charge in [-0.2, -0.15) is 4.98 Å². The van der Waals surface area contributed by atoms with Gasteiger partial charge in [-0.3, -0.25) is 4.79 Å². The number of carbonyl (C=O) groups excluding carboxylic acids is 1. The lowest BCUT2D eigenvalue weighted by molar-refractivity contribution is -0.122. The second-order valence-corrected chi connectivity index (χ2v) is 8.71. The fourth-order valence-electron chi connectivity index (χ4n) is 5.22. The van der Waals surface area contributed by atoms with Gasteiger partial charge in [-0.15, -0.1) is 0 Å². The molecule has 3 aliphatic rings. The normalized spacial score (nSPS) is 25.9. The number of hydrogen-bond donors (Lipinski definition) is 4. The topological polar surface area (TPSA) is 105 Å². The van der Waals surface area contributed by atoms with E-state index < -0.39 is 5.82 Å². The maximum absolute atomic E-state index is 14.4. The Kier molecular flexibility index (Phi) is 7.23. The van der Waals surface area contributed by atoms with Gasteiger partial charge in [0.25, 0.3) is 0 Å². The molecule has 176 valence electrons. The Morgan fingerprint density at radius 1 is 1.12 bits per heavy atom. The van der Waals surface area contributed by atoms with Gasteiger partial charge in [0.2, 0.25) is 11.9 Å². The van der Waals surface area contributed by atoms with Gasteiger partial charge in [0.1, 0.15) is 0 Å². The smallest absolute Gasteiger partial charge is 0.229 e. The van der Waals surface area contributed by atoms with Gasteiger partial charge in [0.05, 0.1) is 12.1 Å². The van der Waals surface area contributed by atoms with Crippen LogP contribution in [0.2, 0.25) is 0 Å². The Bertz CT molecular complexity index is 989. The number of fused-ring (bicyclic) bond motifs is 2. The Balaban J connectivity index is 0.00000126. The van der Waals surface area contributed by atoms with Crippen LogP contribution in [0.3, 0.4) is 0 Å². The molecule has 2 aromatic rings. The summed E-state index contributed by atoms with van der Waals surface area (Å²) in [5.74, 6) is -0.0473. The van der Waals surface area contributed by atoms with Crippen LogP contribution in [0.25, 0.3) is 0 Å². The van der Waals surface area contributed by atoms with E-state index in [1.54, 1.807) is 0 Å². The number of nitrogens with two attached hydrogens (primary N) is 1. The third-order valence-corrected chi connectivity index (χ3v) is 6.81. The van der Waals surface area contributed by atoms with Crippen molar-refractivity contribution in [2.75, 3.05) is 23.7 Å². The summed E-state index contributed by atoms with van der Waals surface area (Å²) >= 11 is 0. The number of hydrogen-bond acceptors (Lipinski definition) is 6. The summed E-state index contributed by atoms with van der Waals surface area (Å²) < 4.78 is 14.4. The maximum Gasteiger partial charge on any atom is 0.229 e. The van der Waals surface area contributed by atoms with Crippen LogP contribution in [0.5, 0.6) is 0 Å². The molecule has 1 aromatic heterocycles. The predicted molar refractivity (Wildman–Crippen MR) is 129 cm³/mol. The van der Waals surface area contributed by atoms with E-state index in [4.69, 9.17) is 5.73 Å². The molecule has 4 atom stereocenters. The average Bonchev–Trinajstić information content (AvgIpc) is 3.45. The number of rotatable bonds is 6. The molecule has 2 aliphatic carbocycles. The summed E-state index contributed by atoms with van der Waals surface area (Å²) in [5, 5.41) is 9.66. The lowest BCUT2D eigenvalue weighted by atomic mass is 9.88. The Labute approximate surface area is 194 Å². The minimum atomic E-state index is -0.554. The first-order chi connectivity index (χ1) is 16.1. The minimum Gasteiger partial charge on any atom is -0.369 e. The summed E-state index contributed by atoms with van der Waals surface area (Å²) in [5.41, 5.74) is 7.78. The lowest BCUT2D eigenvalue weighted by Gasteiger charge is -2.27. The standard InChI is InChI=1S/C23H27FN6O.C2H6/c24-18-12-27-23(28-17-5-3-13(4-6-17)14-7-9-26-10-8-14)30-22(18)29-20-16-2-1-15(11-16)19(20)21(25)31;1-2/h1-6,12,14-16,19-20,26H,7-11H2,(H2,25,31)(H2,27,28,29,30);1-2H3. The monoisotopic (exact) mass is 452 g/mol. The number of halogens is 1. The highest BCUT2D eigenvalue weighted by atomic mass is 19.1. The Morgan fingerprint density at radius 3 is 2.52 bits per heavy atom. The zero-order valence-electron chi connectivity index (χ0n) is 19.2. The van der Waals surface area contributed by atoms with Crippen LogP contribution in [0.1, 0.15) is 44.6 Å². The largest absolute Gasteiger partial charge is 0.369 e. The molecule has 1 amide bonds. The van der Waals surface area contributed by atoms with Crippen molar-refractivity contribution in [2.45, 2.75) is 45.1 Å². The number of allylic oxidation sites excluding steroid dienone is 1. The molecule has 1 saturated carbocycles. The van der Waals surface area contributed by atoms with Crippen molar-refractivity contribution in [2.24, 2.45) is 23.5 Å². The number of amides is 1. The number of primary amides is 1. The number of carbonyl (C=O) groups is 1. The average molecular weight is 453 g/mol. The van der Waals surface area contributed by atoms with Crippen LogP contribution < -0.4 is 21.7 Å². The van der Waals surface area contributed by atoms with Gasteiger partial charge >= 0.3 is 0 Å². The van der Waals surface area contributed by atoms with Crippen molar-refractivity contribution in [3.8, 4) is 0 Å². The van der Waals surface area contributed by atoms with E-state index in [0.717, 1.165) is 44.2 Å². The maximum atomic E-state index is 14.4. The molecule has 1 saturated heterocycles. The minimum absolute atomic E-state index is 0.0843. The van der Waals surface area contributed by atoms with E-state index >= 15 is 0 Å². The number of benzene rings is 1. The van der Waals surface area contributed by atoms with E-state index in [1.165, 1.54) is 5.56 Å². The lowest BCUT2D eigenvalue weighted by Crippen LogP contribution is -2.41. The number of anilines is 3. The molecule has 1 aromatic carbocycles. The van der Waals surface area contributed by atoms with Crippen molar-refractivity contribution >= 4 is 23.4 Å². The van der Waals surface area contributed by atoms with E-state index in [1.807, 2.05) is 32.1 Å². The molecule has 2 heterocycles.